The summed E-state index contributed by atoms with van der Waals surface area (Å²) >= 11 is 0. The second-order valence-electron chi connectivity index (χ2n) is 3.85. The van der Waals surface area contributed by atoms with Gasteiger partial charge < -0.3 is 10.1 Å². The first kappa shape index (κ1) is 12.3. The molecule has 88 valence electrons. The minimum Gasteiger partial charge on any atom is -0.383 e. The molecule has 0 saturated heterocycles. The summed E-state index contributed by atoms with van der Waals surface area (Å²) in [6, 6.07) is 0.524. The zero-order chi connectivity index (χ0) is 10.9. The van der Waals surface area contributed by atoms with Gasteiger partial charge in [-0.15, -0.1) is 0 Å². The van der Waals surface area contributed by atoms with E-state index in [9.17, 15) is 0 Å². The summed E-state index contributed by atoms with van der Waals surface area (Å²) in [5, 5.41) is 3.32. The van der Waals surface area contributed by atoms with Gasteiger partial charge in [-0.05, 0) is 12.8 Å². The summed E-state index contributed by atoms with van der Waals surface area (Å²) in [6.45, 7) is 1.26. The number of guanidine groups is 1. The molecule has 0 aliphatic heterocycles. The van der Waals surface area contributed by atoms with Gasteiger partial charge in [0.25, 0.3) is 0 Å². The van der Waals surface area contributed by atoms with Gasteiger partial charge in [-0.25, -0.2) is 10.8 Å². The summed E-state index contributed by atoms with van der Waals surface area (Å²) in [5.41, 5.74) is 2.59. The molecule has 0 spiro atoms. The lowest BCUT2D eigenvalue weighted by Crippen LogP contribution is -2.47. The van der Waals surface area contributed by atoms with Crippen molar-refractivity contribution in [2.75, 3.05) is 20.3 Å². The first-order chi connectivity index (χ1) is 7.36. The van der Waals surface area contributed by atoms with Crippen molar-refractivity contribution in [3.8, 4) is 0 Å². The highest BCUT2D eigenvalue weighted by Gasteiger charge is 2.13. The fourth-order valence-electron chi connectivity index (χ4n) is 1.82. The minimum atomic E-state index is 0.524. The average Bonchev–Trinajstić information content (AvgIpc) is 2.29. The van der Waals surface area contributed by atoms with Crippen LogP contribution in [0.25, 0.3) is 0 Å². The second-order valence-corrected chi connectivity index (χ2v) is 3.85. The van der Waals surface area contributed by atoms with Gasteiger partial charge in [0.1, 0.15) is 0 Å². The molecule has 1 aliphatic rings. The van der Waals surface area contributed by atoms with Gasteiger partial charge in [0.2, 0.25) is 5.96 Å². The maximum atomic E-state index is 5.39. The smallest absolute Gasteiger partial charge is 0.206 e. The SMILES string of the molecule is COCCN=C(NN)NC1CCCCC1. The fraction of sp³-hybridized carbons (Fsp3) is 0.900. The molecule has 15 heavy (non-hydrogen) atoms. The summed E-state index contributed by atoms with van der Waals surface area (Å²) in [4.78, 5) is 4.27. The third kappa shape index (κ3) is 4.99. The van der Waals surface area contributed by atoms with Crippen LogP contribution in [0, 0.1) is 0 Å². The van der Waals surface area contributed by atoms with E-state index >= 15 is 0 Å². The Kier molecular flexibility index (Phi) is 6.11. The van der Waals surface area contributed by atoms with E-state index in [1.807, 2.05) is 0 Å². The second kappa shape index (κ2) is 7.48. The van der Waals surface area contributed by atoms with Crippen LogP contribution < -0.4 is 16.6 Å². The molecule has 1 rings (SSSR count). The number of nitrogens with one attached hydrogen (secondary N) is 2. The third-order valence-corrected chi connectivity index (χ3v) is 2.65. The van der Waals surface area contributed by atoms with E-state index in [2.05, 4.69) is 15.7 Å². The minimum absolute atomic E-state index is 0.524. The van der Waals surface area contributed by atoms with E-state index in [1.165, 1.54) is 32.1 Å². The highest BCUT2D eigenvalue weighted by molar-refractivity contribution is 5.79. The Balaban J connectivity index is 2.27. The molecule has 0 heterocycles. The zero-order valence-electron chi connectivity index (χ0n) is 9.46. The number of ether oxygens (including phenoxy) is 1. The predicted octanol–water partition coefficient (Wildman–Crippen LogP) is 0.374. The third-order valence-electron chi connectivity index (χ3n) is 2.65. The van der Waals surface area contributed by atoms with Gasteiger partial charge in [-0.3, -0.25) is 5.43 Å². The van der Waals surface area contributed by atoms with E-state index in [0.717, 1.165) is 0 Å². The molecule has 1 fully saturated rings. The molecular weight excluding hydrogens is 192 g/mol. The van der Waals surface area contributed by atoms with E-state index in [0.29, 0.717) is 25.2 Å². The van der Waals surface area contributed by atoms with Crippen molar-refractivity contribution < 1.29 is 4.74 Å². The van der Waals surface area contributed by atoms with Crippen LogP contribution in [-0.2, 0) is 4.74 Å². The van der Waals surface area contributed by atoms with Crippen LogP contribution in [-0.4, -0.2) is 32.3 Å². The predicted molar refractivity (Wildman–Crippen MR) is 61.5 cm³/mol. The maximum Gasteiger partial charge on any atom is 0.206 e. The molecule has 0 unspecified atom stereocenters. The topological polar surface area (TPSA) is 71.7 Å². The van der Waals surface area contributed by atoms with E-state index in [1.54, 1.807) is 7.11 Å². The van der Waals surface area contributed by atoms with Gasteiger partial charge in [0.15, 0.2) is 0 Å². The van der Waals surface area contributed by atoms with Gasteiger partial charge in [-0.1, -0.05) is 19.3 Å². The van der Waals surface area contributed by atoms with Crippen molar-refractivity contribution in [2.45, 2.75) is 38.1 Å². The largest absolute Gasteiger partial charge is 0.383 e. The quantitative estimate of drug-likeness (QED) is 0.208. The molecule has 0 aromatic rings. The summed E-state index contributed by atoms with van der Waals surface area (Å²) in [5.74, 6) is 6.07. The number of rotatable bonds is 4. The van der Waals surface area contributed by atoms with Gasteiger partial charge in [0, 0.05) is 13.2 Å². The molecule has 0 radical (unpaired) electrons. The lowest BCUT2D eigenvalue weighted by atomic mass is 9.96. The Hall–Kier alpha value is -0.810. The normalized spacial score (nSPS) is 18.9. The number of hydrogen-bond acceptors (Lipinski definition) is 3. The fourth-order valence-corrected chi connectivity index (χ4v) is 1.82. The molecule has 0 atom stereocenters. The van der Waals surface area contributed by atoms with E-state index < -0.39 is 0 Å². The maximum absolute atomic E-state index is 5.39. The highest BCUT2D eigenvalue weighted by Crippen LogP contribution is 2.16. The number of nitrogens with zero attached hydrogens (tertiary/aromatic N) is 1. The number of aliphatic imine (C=N–C) groups is 1. The first-order valence-electron chi connectivity index (χ1n) is 5.63. The zero-order valence-corrected chi connectivity index (χ0v) is 9.46. The van der Waals surface area contributed by atoms with E-state index in [-0.39, 0.29) is 0 Å². The molecule has 0 bridgehead atoms. The number of nitrogens with two attached hydrogens (primary N) is 1. The Morgan fingerprint density at radius 2 is 2.13 bits per heavy atom. The van der Waals surface area contributed by atoms with Crippen LogP contribution >= 0.6 is 0 Å². The number of hydrogen-bond donors (Lipinski definition) is 3. The monoisotopic (exact) mass is 214 g/mol. The van der Waals surface area contributed by atoms with Crippen LogP contribution in [0.1, 0.15) is 32.1 Å². The van der Waals surface area contributed by atoms with Crippen molar-refractivity contribution in [1.82, 2.24) is 10.7 Å². The number of methoxy groups -OCH3 is 1. The molecule has 0 amide bonds. The van der Waals surface area contributed by atoms with Crippen molar-refractivity contribution in [2.24, 2.45) is 10.8 Å². The molecule has 5 nitrogen and oxygen atoms in total. The standard InChI is InChI=1S/C10H22N4O/c1-15-8-7-12-10(14-11)13-9-5-3-2-4-6-9/h9H,2-8,11H2,1H3,(H2,12,13,14). The Labute approximate surface area is 91.4 Å². The highest BCUT2D eigenvalue weighted by atomic mass is 16.5. The molecule has 0 aromatic carbocycles. The molecule has 5 heteroatoms. The van der Waals surface area contributed by atoms with Crippen molar-refractivity contribution in [3.63, 3.8) is 0 Å². The molecule has 0 aromatic heterocycles. The molecule has 1 aliphatic carbocycles. The van der Waals surface area contributed by atoms with Gasteiger partial charge in [-0.2, -0.15) is 0 Å². The van der Waals surface area contributed by atoms with Crippen LogP contribution in [0.15, 0.2) is 4.99 Å². The van der Waals surface area contributed by atoms with Gasteiger partial charge in [0.05, 0.1) is 13.2 Å². The van der Waals surface area contributed by atoms with Gasteiger partial charge >= 0.3 is 0 Å². The Morgan fingerprint density at radius 1 is 1.40 bits per heavy atom. The van der Waals surface area contributed by atoms with Crippen LogP contribution in [0.4, 0.5) is 0 Å². The Bertz CT molecular complexity index is 190. The number of hydrazine groups is 1. The van der Waals surface area contributed by atoms with Crippen LogP contribution in [0.3, 0.4) is 0 Å². The Morgan fingerprint density at radius 3 is 2.73 bits per heavy atom. The lowest BCUT2D eigenvalue weighted by molar-refractivity contribution is 0.207. The average molecular weight is 214 g/mol. The van der Waals surface area contributed by atoms with Crippen molar-refractivity contribution in [3.05, 3.63) is 0 Å². The lowest BCUT2D eigenvalue weighted by Gasteiger charge is -2.24. The molecule has 4 N–H and O–H groups in total. The summed E-state index contributed by atoms with van der Waals surface area (Å²) < 4.78 is 4.92. The molecular formula is C10H22N4O. The van der Waals surface area contributed by atoms with Crippen molar-refractivity contribution >= 4 is 5.96 Å². The van der Waals surface area contributed by atoms with Crippen molar-refractivity contribution in [1.29, 1.82) is 0 Å². The summed E-state index contributed by atoms with van der Waals surface area (Å²) in [6.07, 6.45) is 6.38. The molecule has 1 saturated carbocycles. The summed E-state index contributed by atoms with van der Waals surface area (Å²) in [7, 11) is 1.67. The first-order valence-corrected chi connectivity index (χ1v) is 5.63. The van der Waals surface area contributed by atoms with Crippen LogP contribution in [0.2, 0.25) is 0 Å². The van der Waals surface area contributed by atoms with Crippen LogP contribution in [0.5, 0.6) is 0 Å². The van der Waals surface area contributed by atoms with E-state index in [4.69, 9.17) is 10.6 Å².